The van der Waals surface area contributed by atoms with Crippen molar-refractivity contribution >= 4 is 12.6 Å². The molecule has 0 unspecified atom stereocenters. The smallest absolute Gasteiger partial charge is 0.491 e. The lowest BCUT2D eigenvalue weighted by Gasteiger charge is -2.11. The van der Waals surface area contributed by atoms with Gasteiger partial charge in [0, 0.05) is 0 Å². The van der Waals surface area contributed by atoms with E-state index in [0.29, 0.717) is 6.61 Å². The molecule has 0 atom stereocenters. The first-order chi connectivity index (χ1) is 6.65. The third kappa shape index (κ3) is 1.22. The third-order valence-electron chi connectivity index (χ3n) is 2.89. The zero-order chi connectivity index (χ0) is 10.3. The molecule has 1 aliphatic rings. The van der Waals surface area contributed by atoms with Gasteiger partial charge in [0.1, 0.15) is 5.75 Å². The first-order valence-corrected chi connectivity index (χ1v) is 4.61. The van der Waals surface area contributed by atoms with Crippen LogP contribution in [0.2, 0.25) is 0 Å². The van der Waals surface area contributed by atoms with E-state index in [1.165, 1.54) is 0 Å². The molecule has 1 N–H and O–H groups in total. The molecule has 74 valence electrons. The number of fused-ring (bicyclic) bond motifs is 1. The molecule has 1 aromatic rings. The molecule has 0 saturated carbocycles. The minimum absolute atomic E-state index is 0.493. The van der Waals surface area contributed by atoms with Gasteiger partial charge in [-0.15, -0.1) is 0 Å². The standard InChI is InChI=1S/C10H13BO3/c1-6-7(2)10(13-3)4-9-8(6)5-14-11(9)12/h4,12H,5H2,1-3H3. The molecule has 0 aliphatic carbocycles. The average Bonchev–Trinajstić information content (AvgIpc) is 2.54. The lowest BCUT2D eigenvalue weighted by molar-refractivity contribution is 0.275. The predicted molar refractivity (Wildman–Crippen MR) is 54.9 cm³/mol. The Morgan fingerprint density at radius 3 is 2.79 bits per heavy atom. The van der Waals surface area contributed by atoms with Crippen LogP contribution in [0.15, 0.2) is 6.07 Å². The maximum absolute atomic E-state index is 9.54. The van der Waals surface area contributed by atoms with Crippen LogP contribution in [0.4, 0.5) is 0 Å². The summed E-state index contributed by atoms with van der Waals surface area (Å²) in [7, 11) is 0.842. The maximum Gasteiger partial charge on any atom is 0.491 e. The van der Waals surface area contributed by atoms with E-state index in [1.807, 2.05) is 19.9 Å². The van der Waals surface area contributed by atoms with Crippen LogP contribution in [-0.2, 0) is 11.3 Å². The SMILES string of the molecule is COc1cc2c(c(C)c1C)COB2O. The van der Waals surface area contributed by atoms with Crippen molar-refractivity contribution in [3.63, 3.8) is 0 Å². The number of hydrogen-bond acceptors (Lipinski definition) is 3. The van der Waals surface area contributed by atoms with Gasteiger partial charge < -0.3 is 14.4 Å². The molecule has 3 nitrogen and oxygen atoms in total. The Morgan fingerprint density at radius 2 is 2.14 bits per heavy atom. The van der Waals surface area contributed by atoms with E-state index >= 15 is 0 Å². The van der Waals surface area contributed by atoms with E-state index in [2.05, 4.69) is 0 Å². The van der Waals surface area contributed by atoms with Gasteiger partial charge in [-0.05, 0) is 42.1 Å². The van der Waals surface area contributed by atoms with E-state index < -0.39 is 7.12 Å². The summed E-state index contributed by atoms with van der Waals surface area (Å²) < 4.78 is 10.4. The highest BCUT2D eigenvalue weighted by Crippen LogP contribution is 2.25. The Hall–Kier alpha value is -0.995. The normalized spacial score (nSPS) is 14.4. The van der Waals surface area contributed by atoms with E-state index in [9.17, 15) is 5.02 Å². The monoisotopic (exact) mass is 192 g/mol. The molecule has 0 amide bonds. The largest absolute Gasteiger partial charge is 0.496 e. The molecular weight excluding hydrogens is 179 g/mol. The lowest BCUT2D eigenvalue weighted by Crippen LogP contribution is -2.28. The van der Waals surface area contributed by atoms with Crippen LogP contribution in [0.1, 0.15) is 16.7 Å². The Balaban J connectivity index is 2.62. The summed E-state index contributed by atoms with van der Waals surface area (Å²) in [5.41, 5.74) is 4.20. The van der Waals surface area contributed by atoms with Crippen LogP contribution in [0, 0.1) is 13.8 Å². The Morgan fingerprint density at radius 1 is 1.43 bits per heavy atom. The molecule has 0 saturated heterocycles. The van der Waals surface area contributed by atoms with E-state index in [4.69, 9.17) is 9.39 Å². The van der Waals surface area contributed by atoms with Gasteiger partial charge in [-0.2, -0.15) is 0 Å². The summed E-state index contributed by atoms with van der Waals surface area (Å²) in [6.07, 6.45) is 0. The second-order valence-corrected chi connectivity index (χ2v) is 3.56. The average molecular weight is 192 g/mol. The van der Waals surface area contributed by atoms with Crippen molar-refractivity contribution in [3.8, 4) is 5.75 Å². The van der Waals surface area contributed by atoms with Gasteiger partial charge in [-0.1, -0.05) is 0 Å². The summed E-state index contributed by atoms with van der Waals surface area (Å²) in [5, 5.41) is 9.54. The van der Waals surface area contributed by atoms with Gasteiger partial charge in [-0.25, -0.2) is 0 Å². The molecule has 0 aromatic heterocycles. The summed E-state index contributed by atoms with van der Waals surface area (Å²) in [4.78, 5) is 0. The van der Waals surface area contributed by atoms with Crippen molar-refractivity contribution in [1.82, 2.24) is 0 Å². The second kappa shape index (κ2) is 3.30. The molecule has 0 radical (unpaired) electrons. The highest BCUT2D eigenvalue weighted by molar-refractivity contribution is 6.61. The molecule has 2 rings (SSSR count). The molecule has 14 heavy (non-hydrogen) atoms. The first-order valence-electron chi connectivity index (χ1n) is 4.61. The molecule has 1 heterocycles. The number of benzene rings is 1. The van der Waals surface area contributed by atoms with Gasteiger partial charge in [0.05, 0.1) is 13.7 Å². The van der Waals surface area contributed by atoms with Crippen LogP contribution in [0.3, 0.4) is 0 Å². The predicted octanol–water partition coefficient (Wildman–Crippen LogP) is 0.530. The highest BCUT2D eigenvalue weighted by atomic mass is 16.5. The van der Waals surface area contributed by atoms with Gasteiger partial charge in [0.25, 0.3) is 0 Å². The minimum atomic E-state index is -0.793. The third-order valence-corrected chi connectivity index (χ3v) is 2.89. The fraction of sp³-hybridized carbons (Fsp3) is 0.400. The number of methoxy groups -OCH3 is 1. The lowest BCUT2D eigenvalue weighted by atomic mass is 9.77. The zero-order valence-electron chi connectivity index (χ0n) is 8.63. The van der Waals surface area contributed by atoms with E-state index in [0.717, 1.165) is 27.9 Å². The fourth-order valence-corrected chi connectivity index (χ4v) is 1.84. The Kier molecular flexibility index (Phi) is 2.25. The number of rotatable bonds is 1. The van der Waals surface area contributed by atoms with Crippen LogP contribution in [0.5, 0.6) is 5.75 Å². The van der Waals surface area contributed by atoms with Crippen LogP contribution >= 0.6 is 0 Å². The number of hydrogen-bond donors (Lipinski definition) is 1. The molecule has 4 heteroatoms. The van der Waals surface area contributed by atoms with Crippen LogP contribution in [-0.4, -0.2) is 19.3 Å². The molecular formula is C10H13BO3. The minimum Gasteiger partial charge on any atom is -0.496 e. The van der Waals surface area contributed by atoms with Crippen molar-refractivity contribution in [2.75, 3.05) is 7.11 Å². The van der Waals surface area contributed by atoms with Crippen molar-refractivity contribution < 1.29 is 14.4 Å². The quantitative estimate of drug-likeness (QED) is 0.659. The van der Waals surface area contributed by atoms with Crippen molar-refractivity contribution in [2.45, 2.75) is 20.5 Å². The summed E-state index contributed by atoms with van der Waals surface area (Å²) in [6.45, 7) is 4.53. The molecule has 0 fully saturated rings. The topological polar surface area (TPSA) is 38.7 Å². The second-order valence-electron chi connectivity index (χ2n) is 3.56. The summed E-state index contributed by atoms with van der Waals surface area (Å²) in [6, 6.07) is 1.86. The molecule has 1 aromatic carbocycles. The van der Waals surface area contributed by atoms with Crippen molar-refractivity contribution in [3.05, 3.63) is 22.8 Å². The Labute approximate surface area is 83.8 Å². The van der Waals surface area contributed by atoms with Gasteiger partial charge in [-0.3, -0.25) is 0 Å². The van der Waals surface area contributed by atoms with Crippen LogP contribution < -0.4 is 10.2 Å². The Bertz CT molecular complexity index is 376. The molecule has 1 aliphatic heterocycles. The van der Waals surface area contributed by atoms with E-state index in [-0.39, 0.29) is 0 Å². The van der Waals surface area contributed by atoms with Crippen molar-refractivity contribution in [2.24, 2.45) is 0 Å². The number of ether oxygens (including phenoxy) is 1. The van der Waals surface area contributed by atoms with Crippen LogP contribution in [0.25, 0.3) is 0 Å². The highest BCUT2D eigenvalue weighted by Gasteiger charge is 2.30. The summed E-state index contributed by atoms with van der Waals surface area (Å²) >= 11 is 0. The first kappa shape index (κ1) is 9.56. The maximum atomic E-state index is 9.54. The fourth-order valence-electron chi connectivity index (χ4n) is 1.84. The zero-order valence-corrected chi connectivity index (χ0v) is 8.63. The van der Waals surface area contributed by atoms with E-state index in [1.54, 1.807) is 7.11 Å². The van der Waals surface area contributed by atoms with Gasteiger partial charge in [0.2, 0.25) is 0 Å². The van der Waals surface area contributed by atoms with Gasteiger partial charge in [0.15, 0.2) is 0 Å². The molecule has 0 bridgehead atoms. The summed E-state index contributed by atoms with van der Waals surface area (Å²) in [5.74, 6) is 0.811. The van der Waals surface area contributed by atoms with Gasteiger partial charge >= 0.3 is 7.12 Å². The van der Waals surface area contributed by atoms with Crippen molar-refractivity contribution in [1.29, 1.82) is 0 Å². The molecule has 0 spiro atoms.